The summed E-state index contributed by atoms with van der Waals surface area (Å²) in [6.07, 6.45) is 0. The maximum Gasteiger partial charge on any atom is 0.243 e. The second kappa shape index (κ2) is 11.3. The lowest BCUT2D eigenvalue weighted by atomic mass is 10.1. The van der Waals surface area contributed by atoms with E-state index in [2.05, 4.69) is 60.2 Å². The number of hydrogen-bond donors (Lipinski definition) is 1. The first-order valence-corrected chi connectivity index (χ1v) is 8.04. The second-order valence-corrected chi connectivity index (χ2v) is 6.54. The third-order valence-corrected chi connectivity index (χ3v) is 3.43. The molecule has 5 nitrogen and oxygen atoms in total. The van der Waals surface area contributed by atoms with Gasteiger partial charge in [-0.05, 0) is 18.4 Å². The van der Waals surface area contributed by atoms with Gasteiger partial charge in [0.05, 0.1) is 0 Å². The van der Waals surface area contributed by atoms with Crippen molar-refractivity contribution >= 4 is 35.8 Å². The number of carbonyl (C=O) groups excluding carboxylic acids is 1. The molecule has 0 saturated heterocycles. The Hall–Kier alpha value is -1.31. The topological polar surface area (TPSA) is 47.9 Å². The smallest absolute Gasteiger partial charge is 0.243 e. The molecule has 0 aliphatic rings. The third kappa shape index (κ3) is 8.52. The van der Waals surface area contributed by atoms with Crippen LogP contribution in [0.5, 0.6) is 0 Å². The Labute approximate surface area is 163 Å². The molecule has 1 amide bonds. The molecule has 0 spiro atoms. The monoisotopic (exact) mass is 446 g/mol. The van der Waals surface area contributed by atoms with Gasteiger partial charge in [0.1, 0.15) is 6.54 Å². The summed E-state index contributed by atoms with van der Waals surface area (Å²) < 4.78 is 0. The van der Waals surface area contributed by atoms with Crippen molar-refractivity contribution in [3.05, 3.63) is 35.4 Å². The Kier molecular flexibility index (Phi) is 10.7. The number of amides is 1. The lowest BCUT2D eigenvalue weighted by Crippen LogP contribution is -2.41. The van der Waals surface area contributed by atoms with E-state index in [1.165, 1.54) is 11.1 Å². The van der Waals surface area contributed by atoms with E-state index < -0.39 is 0 Å². The first kappa shape index (κ1) is 22.7. The van der Waals surface area contributed by atoms with Crippen LogP contribution in [0.2, 0.25) is 0 Å². The summed E-state index contributed by atoms with van der Waals surface area (Å²) >= 11 is 0. The molecule has 0 aliphatic carbocycles. The zero-order chi connectivity index (χ0) is 17.4. The molecule has 0 radical (unpaired) electrons. The summed E-state index contributed by atoms with van der Waals surface area (Å²) in [5.41, 5.74) is 2.47. The number of aryl methyl sites for hydroxylation is 1. The molecule has 6 heteroatoms. The minimum Gasteiger partial charge on any atom is -0.356 e. The van der Waals surface area contributed by atoms with E-state index >= 15 is 0 Å². The predicted molar refractivity (Wildman–Crippen MR) is 112 cm³/mol. The number of nitrogens with one attached hydrogen (secondary N) is 1. The van der Waals surface area contributed by atoms with Gasteiger partial charge in [0.15, 0.2) is 5.96 Å². The Morgan fingerprint density at radius 2 is 1.75 bits per heavy atom. The van der Waals surface area contributed by atoms with E-state index in [0.717, 1.165) is 19.0 Å². The number of nitrogens with zero attached hydrogens (tertiary/aromatic N) is 3. The molecule has 1 aromatic carbocycles. The Bertz CT molecular complexity index is 526. The first-order chi connectivity index (χ1) is 10.8. The van der Waals surface area contributed by atoms with Crippen LogP contribution in [0.3, 0.4) is 0 Å². The molecule has 24 heavy (non-hydrogen) atoms. The molecule has 0 aliphatic heterocycles. The molecule has 1 rings (SSSR count). The van der Waals surface area contributed by atoms with Crippen molar-refractivity contribution < 1.29 is 4.79 Å². The Morgan fingerprint density at radius 3 is 2.25 bits per heavy atom. The van der Waals surface area contributed by atoms with Crippen LogP contribution in [0.15, 0.2) is 29.3 Å². The van der Waals surface area contributed by atoms with Crippen molar-refractivity contribution in [1.29, 1.82) is 0 Å². The standard InChI is InChI=1S/C18H30N4O.HI/c1-14(2)11-19-18(20-12-17(23)21(4)5)22(6)13-16-9-7-15(3)8-10-16;/h7-10,14H,11-13H2,1-6H3,(H,19,20);1H. The molecule has 1 N–H and O–H groups in total. The van der Waals surface area contributed by atoms with Crippen LogP contribution in [0.4, 0.5) is 0 Å². The normalized spacial score (nSPS) is 11.0. The molecular formula is C18H31IN4O. The highest BCUT2D eigenvalue weighted by molar-refractivity contribution is 14.0. The number of benzene rings is 1. The van der Waals surface area contributed by atoms with Crippen LogP contribution < -0.4 is 5.32 Å². The lowest BCUT2D eigenvalue weighted by molar-refractivity contribution is -0.127. The van der Waals surface area contributed by atoms with Gasteiger partial charge in [0.25, 0.3) is 0 Å². The molecule has 0 unspecified atom stereocenters. The van der Waals surface area contributed by atoms with Crippen molar-refractivity contribution in [2.75, 3.05) is 34.2 Å². The largest absolute Gasteiger partial charge is 0.356 e. The van der Waals surface area contributed by atoms with Crippen LogP contribution >= 0.6 is 24.0 Å². The highest BCUT2D eigenvalue weighted by Gasteiger charge is 2.10. The highest BCUT2D eigenvalue weighted by Crippen LogP contribution is 2.06. The molecule has 0 heterocycles. The number of aliphatic imine (C=N–C) groups is 1. The quantitative estimate of drug-likeness (QED) is 0.416. The van der Waals surface area contributed by atoms with Gasteiger partial charge < -0.3 is 15.1 Å². The van der Waals surface area contributed by atoms with E-state index in [9.17, 15) is 4.79 Å². The number of hydrogen-bond acceptors (Lipinski definition) is 2. The fourth-order valence-corrected chi connectivity index (χ4v) is 1.93. The van der Waals surface area contributed by atoms with Crippen molar-refractivity contribution in [1.82, 2.24) is 15.1 Å². The van der Waals surface area contributed by atoms with Crippen molar-refractivity contribution in [3.8, 4) is 0 Å². The molecule has 0 aromatic heterocycles. The van der Waals surface area contributed by atoms with E-state index in [0.29, 0.717) is 5.92 Å². The minimum atomic E-state index is -0.00224. The second-order valence-electron chi connectivity index (χ2n) is 6.54. The summed E-state index contributed by atoms with van der Waals surface area (Å²) in [5.74, 6) is 1.27. The van der Waals surface area contributed by atoms with Crippen LogP contribution in [0, 0.1) is 12.8 Å². The number of likely N-dealkylation sites (N-methyl/N-ethyl adjacent to an activating group) is 1. The summed E-state index contributed by atoms with van der Waals surface area (Å²) in [6, 6.07) is 8.46. The van der Waals surface area contributed by atoms with Crippen molar-refractivity contribution in [2.24, 2.45) is 10.9 Å². The van der Waals surface area contributed by atoms with Crippen molar-refractivity contribution in [3.63, 3.8) is 0 Å². The average Bonchev–Trinajstić information content (AvgIpc) is 2.48. The average molecular weight is 446 g/mol. The van der Waals surface area contributed by atoms with Crippen LogP contribution in [0.1, 0.15) is 25.0 Å². The molecule has 1 aromatic rings. The minimum absolute atomic E-state index is 0. The van der Waals surface area contributed by atoms with E-state index in [4.69, 9.17) is 0 Å². The maximum atomic E-state index is 11.8. The van der Waals surface area contributed by atoms with Gasteiger partial charge >= 0.3 is 0 Å². The Morgan fingerprint density at radius 1 is 1.17 bits per heavy atom. The summed E-state index contributed by atoms with van der Waals surface area (Å²) in [4.78, 5) is 19.9. The van der Waals surface area contributed by atoms with Gasteiger partial charge in [-0.2, -0.15) is 0 Å². The predicted octanol–water partition coefficient (Wildman–Crippen LogP) is 2.73. The summed E-state index contributed by atoms with van der Waals surface area (Å²) in [5, 5.41) is 3.35. The molecule has 0 atom stereocenters. The van der Waals surface area contributed by atoms with Crippen molar-refractivity contribution in [2.45, 2.75) is 27.3 Å². The highest BCUT2D eigenvalue weighted by atomic mass is 127. The third-order valence-electron chi connectivity index (χ3n) is 3.43. The summed E-state index contributed by atoms with van der Waals surface area (Å²) in [6.45, 7) is 8.11. The number of carbonyl (C=O) groups is 1. The molecule has 0 bridgehead atoms. The fourth-order valence-electron chi connectivity index (χ4n) is 1.93. The van der Waals surface area contributed by atoms with Gasteiger partial charge in [-0.25, -0.2) is 4.99 Å². The van der Waals surface area contributed by atoms with Gasteiger partial charge in [0.2, 0.25) is 5.91 Å². The van der Waals surface area contributed by atoms with Gasteiger partial charge in [-0.15, -0.1) is 24.0 Å². The van der Waals surface area contributed by atoms with Crippen LogP contribution in [-0.2, 0) is 11.3 Å². The van der Waals surface area contributed by atoms with Crippen LogP contribution in [0.25, 0.3) is 0 Å². The summed E-state index contributed by atoms with van der Waals surface area (Å²) in [7, 11) is 5.48. The molecule has 136 valence electrons. The van der Waals surface area contributed by atoms with Gasteiger partial charge in [-0.3, -0.25) is 4.79 Å². The Balaban J connectivity index is 0.00000529. The number of halogens is 1. The SMILES string of the molecule is Cc1ccc(CN(C)C(=NCC(=O)N(C)C)NCC(C)C)cc1.I. The molecular weight excluding hydrogens is 415 g/mol. The van der Waals surface area contributed by atoms with Crippen LogP contribution in [-0.4, -0.2) is 55.9 Å². The maximum absolute atomic E-state index is 11.8. The van der Waals surface area contributed by atoms with Gasteiger partial charge in [0, 0.05) is 34.2 Å². The van der Waals surface area contributed by atoms with E-state index in [1.54, 1.807) is 19.0 Å². The van der Waals surface area contributed by atoms with Gasteiger partial charge in [-0.1, -0.05) is 43.7 Å². The zero-order valence-electron chi connectivity index (χ0n) is 15.7. The number of guanidine groups is 1. The molecule has 0 fully saturated rings. The van der Waals surface area contributed by atoms with E-state index in [1.807, 2.05) is 7.05 Å². The first-order valence-electron chi connectivity index (χ1n) is 8.04. The zero-order valence-corrected chi connectivity index (χ0v) is 18.0. The fraction of sp³-hybridized carbons (Fsp3) is 0.556. The molecule has 0 saturated carbocycles. The number of rotatable bonds is 6. The lowest BCUT2D eigenvalue weighted by Gasteiger charge is -2.23. The van der Waals surface area contributed by atoms with E-state index in [-0.39, 0.29) is 36.4 Å².